The fourth-order valence-electron chi connectivity index (χ4n) is 2.44. The number of hydrogen-bond acceptors (Lipinski definition) is 4. The highest BCUT2D eigenvalue weighted by Gasteiger charge is 2.12. The van der Waals surface area contributed by atoms with Crippen molar-refractivity contribution in [3.8, 4) is 5.75 Å². The zero-order valence-electron chi connectivity index (χ0n) is 12.7. The zero-order chi connectivity index (χ0) is 17.3. The molecule has 0 bridgehead atoms. The van der Waals surface area contributed by atoms with Gasteiger partial charge in [-0.25, -0.2) is 9.59 Å². The Morgan fingerprint density at radius 2 is 2.00 bits per heavy atom. The second-order valence-electron chi connectivity index (χ2n) is 5.28. The molecule has 0 fully saturated rings. The third-order valence-electron chi connectivity index (χ3n) is 3.63. The van der Waals surface area contributed by atoms with Crippen molar-refractivity contribution in [3.05, 3.63) is 74.6 Å². The van der Waals surface area contributed by atoms with Crippen LogP contribution in [0.1, 0.15) is 21.5 Å². The van der Waals surface area contributed by atoms with Crippen LogP contribution in [-0.2, 0) is 6.61 Å². The smallest absolute Gasteiger partial charge is 0.336 e. The molecule has 0 radical (unpaired) electrons. The molecule has 2 aromatic carbocycles. The predicted molar refractivity (Wildman–Crippen MR) is 90.0 cm³/mol. The summed E-state index contributed by atoms with van der Waals surface area (Å²) < 4.78 is 10.8. The summed E-state index contributed by atoms with van der Waals surface area (Å²) in [5.41, 5.74) is 1.35. The van der Waals surface area contributed by atoms with E-state index in [2.05, 4.69) is 0 Å². The molecule has 1 aromatic heterocycles. The van der Waals surface area contributed by atoms with Crippen molar-refractivity contribution in [2.24, 2.45) is 0 Å². The maximum atomic E-state index is 11.5. The molecule has 0 unspecified atom stereocenters. The molecule has 24 heavy (non-hydrogen) atoms. The standard InChI is InChI=1S/C18H13ClO5/c1-10-6-17(20)24-15-8-16(14(19)7-13(10)15)23-9-11-4-2-3-5-12(11)18(21)22/h2-8H,9H2,1H3,(H,21,22). The van der Waals surface area contributed by atoms with E-state index in [4.69, 9.17) is 20.8 Å². The van der Waals surface area contributed by atoms with Crippen molar-refractivity contribution in [1.29, 1.82) is 0 Å². The minimum Gasteiger partial charge on any atom is -0.487 e. The molecule has 3 rings (SSSR count). The Hall–Kier alpha value is -2.79. The number of benzene rings is 2. The van der Waals surface area contributed by atoms with Crippen LogP contribution in [-0.4, -0.2) is 11.1 Å². The summed E-state index contributed by atoms with van der Waals surface area (Å²) in [6.07, 6.45) is 0. The maximum Gasteiger partial charge on any atom is 0.336 e. The summed E-state index contributed by atoms with van der Waals surface area (Å²) in [6, 6.07) is 11.1. The van der Waals surface area contributed by atoms with E-state index in [9.17, 15) is 14.7 Å². The van der Waals surface area contributed by atoms with Crippen molar-refractivity contribution in [2.45, 2.75) is 13.5 Å². The molecule has 0 amide bonds. The highest BCUT2D eigenvalue weighted by Crippen LogP contribution is 2.31. The normalized spacial score (nSPS) is 10.8. The minimum absolute atomic E-state index is 0.0315. The fourth-order valence-corrected chi connectivity index (χ4v) is 2.66. The molecule has 3 aromatic rings. The monoisotopic (exact) mass is 344 g/mol. The number of hydrogen-bond donors (Lipinski definition) is 1. The summed E-state index contributed by atoms with van der Waals surface area (Å²) in [6.45, 7) is 1.82. The van der Waals surface area contributed by atoms with Crippen LogP contribution in [0.2, 0.25) is 5.02 Å². The summed E-state index contributed by atoms with van der Waals surface area (Å²) in [7, 11) is 0. The highest BCUT2D eigenvalue weighted by atomic mass is 35.5. The number of carbonyl (C=O) groups is 1. The highest BCUT2D eigenvalue weighted by molar-refractivity contribution is 6.32. The number of ether oxygens (including phenoxy) is 1. The molecule has 6 heteroatoms. The van der Waals surface area contributed by atoms with Gasteiger partial charge in [0, 0.05) is 23.1 Å². The van der Waals surface area contributed by atoms with Crippen LogP contribution in [0.25, 0.3) is 11.0 Å². The van der Waals surface area contributed by atoms with E-state index in [-0.39, 0.29) is 12.2 Å². The van der Waals surface area contributed by atoms with Crippen LogP contribution < -0.4 is 10.4 Å². The van der Waals surface area contributed by atoms with Gasteiger partial charge in [0.2, 0.25) is 0 Å². The van der Waals surface area contributed by atoms with Crippen molar-refractivity contribution >= 4 is 28.5 Å². The Morgan fingerprint density at radius 3 is 2.75 bits per heavy atom. The Balaban J connectivity index is 1.95. The molecular formula is C18H13ClO5. The van der Waals surface area contributed by atoms with Gasteiger partial charge in [-0.1, -0.05) is 29.8 Å². The lowest BCUT2D eigenvalue weighted by molar-refractivity contribution is 0.0694. The van der Waals surface area contributed by atoms with E-state index in [1.165, 1.54) is 18.2 Å². The van der Waals surface area contributed by atoms with Gasteiger partial charge >= 0.3 is 11.6 Å². The molecule has 0 saturated carbocycles. The number of carboxylic acids is 1. The molecular weight excluding hydrogens is 332 g/mol. The summed E-state index contributed by atoms with van der Waals surface area (Å²) in [4.78, 5) is 22.7. The number of rotatable bonds is 4. The van der Waals surface area contributed by atoms with Gasteiger partial charge in [-0.2, -0.15) is 0 Å². The first kappa shape index (κ1) is 16.1. The molecule has 0 spiro atoms. The SMILES string of the molecule is Cc1cc(=O)oc2cc(OCc3ccccc3C(=O)O)c(Cl)cc12. The largest absolute Gasteiger partial charge is 0.487 e. The Morgan fingerprint density at radius 1 is 1.25 bits per heavy atom. The van der Waals surface area contributed by atoms with Gasteiger partial charge in [0.1, 0.15) is 17.9 Å². The van der Waals surface area contributed by atoms with Crippen LogP contribution in [0.5, 0.6) is 5.75 Å². The van der Waals surface area contributed by atoms with Crippen LogP contribution in [0, 0.1) is 6.92 Å². The van der Waals surface area contributed by atoms with E-state index < -0.39 is 11.6 Å². The fraction of sp³-hybridized carbons (Fsp3) is 0.111. The molecule has 1 heterocycles. The lowest BCUT2D eigenvalue weighted by Crippen LogP contribution is -2.05. The Bertz CT molecular complexity index is 990. The maximum absolute atomic E-state index is 11.5. The van der Waals surface area contributed by atoms with Gasteiger partial charge in [-0.15, -0.1) is 0 Å². The topological polar surface area (TPSA) is 76.7 Å². The summed E-state index contributed by atoms with van der Waals surface area (Å²) in [5, 5.41) is 10.3. The Kier molecular flexibility index (Phi) is 4.27. The van der Waals surface area contributed by atoms with Crippen molar-refractivity contribution < 1.29 is 19.1 Å². The average Bonchev–Trinajstić information content (AvgIpc) is 2.54. The first-order valence-corrected chi connectivity index (χ1v) is 7.51. The van der Waals surface area contributed by atoms with Gasteiger partial charge in [-0.05, 0) is 24.6 Å². The molecule has 0 aliphatic carbocycles. The quantitative estimate of drug-likeness (QED) is 0.723. The van der Waals surface area contributed by atoms with E-state index in [1.54, 1.807) is 31.2 Å². The molecule has 0 aliphatic heterocycles. The second kappa shape index (κ2) is 6.37. The lowest BCUT2D eigenvalue weighted by atomic mass is 10.1. The first-order chi connectivity index (χ1) is 11.5. The molecule has 5 nitrogen and oxygen atoms in total. The Labute approximate surface area is 142 Å². The summed E-state index contributed by atoms with van der Waals surface area (Å²) >= 11 is 6.22. The third-order valence-corrected chi connectivity index (χ3v) is 3.93. The van der Waals surface area contributed by atoms with Crippen LogP contribution in [0.3, 0.4) is 0 Å². The van der Waals surface area contributed by atoms with Crippen molar-refractivity contribution in [2.75, 3.05) is 0 Å². The first-order valence-electron chi connectivity index (χ1n) is 7.13. The number of aryl methyl sites for hydroxylation is 1. The number of fused-ring (bicyclic) bond motifs is 1. The number of aromatic carboxylic acids is 1. The molecule has 0 atom stereocenters. The average molecular weight is 345 g/mol. The molecule has 1 N–H and O–H groups in total. The summed E-state index contributed by atoms with van der Waals surface area (Å²) in [5.74, 6) is -0.710. The second-order valence-corrected chi connectivity index (χ2v) is 5.69. The number of carboxylic acid groups (broad SMARTS) is 1. The lowest BCUT2D eigenvalue weighted by Gasteiger charge is -2.11. The predicted octanol–water partition coefficient (Wildman–Crippen LogP) is 4.03. The van der Waals surface area contributed by atoms with Crippen LogP contribution in [0.4, 0.5) is 0 Å². The van der Waals surface area contributed by atoms with Gasteiger partial charge in [-0.3, -0.25) is 0 Å². The zero-order valence-corrected chi connectivity index (χ0v) is 13.5. The van der Waals surface area contributed by atoms with E-state index in [0.29, 0.717) is 21.9 Å². The van der Waals surface area contributed by atoms with E-state index in [0.717, 1.165) is 10.9 Å². The van der Waals surface area contributed by atoms with Gasteiger partial charge in [0.15, 0.2) is 0 Å². The molecule has 0 saturated heterocycles. The van der Waals surface area contributed by atoms with E-state index >= 15 is 0 Å². The molecule has 0 aliphatic rings. The molecule has 122 valence electrons. The third kappa shape index (κ3) is 3.12. The van der Waals surface area contributed by atoms with Crippen molar-refractivity contribution in [3.63, 3.8) is 0 Å². The van der Waals surface area contributed by atoms with E-state index in [1.807, 2.05) is 0 Å². The van der Waals surface area contributed by atoms with Crippen molar-refractivity contribution in [1.82, 2.24) is 0 Å². The van der Waals surface area contributed by atoms with Gasteiger partial charge < -0.3 is 14.3 Å². The number of halogens is 1. The van der Waals surface area contributed by atoms with Gasteiger partial charge in [0.05, 0.1) is 10.6 Å². The van der Waals surface area contributed by atoms with Crippen LogP contribution in [0.15, 0.2) is 51.7 Å². The minimum atomic E-state index is -1.03. The van der Waals surface area contributed by atoms with Crippen LogP contribution >= 0.6 is 11.6 Å². The van der Waals surface area contributed by atoms with Gasteiger partial charge in [0.25, 0.3) is 0 Å².